The second-order valence-corrected chi connectivity index (χ2v) is 5.06. The number of nitrogens with zero attached hydrogens (tertiary/aromatic N) is 1. The molecule has 2 rings (SSSR count). The van der Waals surface area contributed by atoms with Crippen molar-refractivity contribution in [2.45, 2.75) is 0 Å². The predicted molar refractivity (Wildman–Crippen MR) is 91.9 cm³/mol. The number of amides is 2. The summed E-state index contributed by atoms with van der Waals surface area (Å²) in [6.45, 7) is 0. The van der Waals surface area contributed by atoms with E-state index >= 15 is 0 Å². The number of nitrogens with one attached hydrogen (secondary N) is 2. The van der Waals surface area contributed by atoms with E-state index in [1.54, 1.807) is 42.5 Å². The van der Waals surface area contributed by atoms with Crippen molar-refractivity contribution in [1.82, 2.24) is 10.9 Å². The van der Waals surface area contributed by atoms with Crippen LogP contribution in [0.1, 0.15) is 21.5 Å². The minimum atomic E-state index is -0.634. The highest BCUT2D eigenvalue weighted by atomic mass is 35.5. The zero-order valence-electron chi connectivity index (χ0n) is 12.4. The third-order valence-electron chi connectivity index (χ3n) is 2.99. The first-order chi connectivity index (χ1) is 11.6. The largest absolute Gasteiger partial charge is 0.288 e. The first-order valence-corrected chi connectivity index (χ1v) is 7.28. The second-order valence-electron chi connectivity index (χ2n) is 4.65. The van der Waals surface area contributed by atoms with Crippen LogP contribution in [0.15, 0.2) is 59.7 Å². The Balaban J connectivity index is 1.96. The van der Waals surface area contributed by atoms with Gasteiger partial charge in [-0.15, -0.1) is 0 Å². The summed E-state index contributed by atoms with van der Waals surface area (Å²) in [5.41, 5.74) is 5.71. The molecule has 0 bridgehead atoms. The Bertz CT molecular complexity index is 786. The summed E-state index contributed by atoms with van der Waals surface area (Å²) in [6, 6.07) is 13.6. The van der Waals surface area contributed by atoms with Gasteiger partial charge < -0.3 is 0 Å². The fraction of sp³-hybridized carbons (Fsp3) is 0. The van der Waals surface area contributed by atoms with Crippen LogP contribution in [0, 0.1) is 0 Å². The van der Waals surface area contributed by atoms with Gasteiger partial charge in [-0.3, -0.25) is 14.8 Å². The Morgan fingerprint density at radius 2 is 1.79 bits per heavy atom. The first-order valence-electron chi connectivity index (χ1n) is 6.90. The van der Waals surface area contributed by atoms with Crippen LogP contribution >= 0.6 is 11.6 Å². The molecule has 0 saturated carbocycles. The highest BCUT2D eigenvalue weighted by Gasteiger charge is 2.03. The van der Waals surface area contributed by atoms with Crippen molar-refractivity contribution in [2.75, 3.05) is 0 Å². The summed E-state index contributed by atoms with van der Waals surface area (Å²) < 4.78 is 0. The molecule has 2 aromatic rings. The Morgan fingerprint density at radius 3 is 2.46 bits per heavy atom. The summed E-state index contributed by atoms with van der Waals surface area (Å²) >= 11 is 5.98. The molecule has 0 saturated heterocycles. The smallest absolute Gasteiger partial charge is 0.271 e. The van der Waals surface area contributed by atoms with Crippen LogP contribution < -0.4 is 10.9 Å². The van der Waals surface area contributed by atoms with Gasteiger partial charge in [0.25, 0.3) is 11.8 Å². The molecular weight excluding hydrogens is 330 g/mol. The molecule has 2 aromatic carbocycles. The molecular formula is C17H14ClN3O3. The number of halogens is 1. The van der Waals surface area contributed by atoms with Crippen molar-refractivity contribution >= 4 is 35.7 Å². The summed E-state index contributed by atoms with van der Waals surface area (Å²) in [5.74, 6) is -1.01. The highest BCUT2D eigenvalue weighted by molar-refractivity contribution is 6.33. The van der Waals surface area contributed by atoms with Crippen LogP contribution in [-0.4, -0.2) is 23.2 Å². The molecule has 0 aliphatic heterocycles. The number of hydrogen-bond acceptors (Lipinski definition) is 4. The van der Waals surface area contributed by atoms with Gasteiger partial charge in [0.05, 0.1) is 6.21 Å². The second kappa shape index (κ2) is 8.61. The fourth-order valence-electron chi connectivity index (χ4n) is 1.76. The number of hydroxylamine groups is 1. The van der Waals surface area contributed by atoms with Gasteiger partial charge in [-0.05, 0) is 29.8 Å². The van der Waals surface area contributed by atoms with Crippen LogP contribution in [0.2, 0.25) is 5.02 Å². The summed E-state index contributed by atoms with van der Waals surface area (Å²) in [5, 5.41) is 12.8. The summed E-state index contributed by atoms with van der Waals surface area (Å²) in [4.78, 5) is 22.9. The summed E-state index contributed by atoms with van der Waals surface area (Å²) in [7, 11) is 0. The van der Waals surface area contributed by atoms with E-state index in [2.05, 4.69) is 10.5 Å². The molecule has 122 valence electrons. The number of carbonyl (C=O) groups is 2. The number of rotatable bonds is 5. The van der Waals surface area contributed by atoms with E-state index in [0.717, 1.165) is 0 Å². The Morgan fingerprint density at radius 1 is 1.08 bits per heavy atom. The number of benzene rings is 2. The lowest BCUT2D eigenvalue weighted by molar-refractivity contribution is -0.124. The van der Waals surface area contributed by atoms with Gasteiger partial charge in [0.15, 0.2) is 0 Å². The van der Waals surface area contributed by atoms with E-state index in [1.165, 1.54) is 23.8 Å². The average molecular weight is 344 g/mol. The van der Waals surface area contributed by atoms with Gasteiger partial charge in [0, 0.05) is 22.2 Å². The number of hydrogen-bond donors (Lipinski definition) is 3. The lowest BCUT2D eigenvalue weighted by Crippen LogP contribution is -2.17. The zero-order chi connectivity index (χ0) is 17.4. The Hall–Kier alpha value is -2.96. The maximum absolute atomic E-state index is 12.0. The Labute approximate surface area is 143 Å². The SMILES string of the molecule is O=C(/C=C/c1ccc(C(=O)N/N=C/c2ccccc2Cl)cc1)NO. The van der Waals surface area contributed by atoms with Crippen molar-refractivity contribution in [1.29, 1.82) is 0 Å². The van der Waals surface area contributed by atoms with Crippen LogP contribution in [0.4, 0.5) is 0 Å². The molecule has 0 fully saturated rings. The topological polar surface area (TPSA) is 90.8 Å². The highest BCUT2D eigenvalue weighted by Crippen LogP contribution is 2.12. The zero-order valence-corrected chi connectivity index (χ0v) is 13.2. The van der Waals surface area contributed by atoms with Crippen LogP contribution in [0.3, 0.4) is 0 Å². The number of carbonyl (C=O) groups excluding carboxylic acids is 2. The molecule has 24 heavy (non-hydrogen) atoms. The summed E-state index contributed by atoms with van der Waals surface area (Å²) in [6.07, 6.45) is 4.14. The average Bonchev–Trinajstić information content (AvgIpc) is 2.61. The van der Waals surface area contributed by atoms with Crippen LogP contribution in [0.5, 0.6) is 0 Å². The minimum Gasteiger partial charge on any atom is -0.288 e. The van der Waals surface area contributed by atoms with Crippen molar-refractivity contribution in [2.24, 2.45) is 5.10 Å². The monoisotopic (exact) mass is 343 g/mol. The van der Waals surface area contributed by atoms with E-state index in [1.807, 2.05) is 6.07 Å². The van der Waals surface area contributed by atoms with E-state index in [-0.39, 0.29) is 5.91 Å². The molecule has 3 N–H and O–H groups in total. The first kappa shape index (κ1) is 17.4. The van der Waals surface area contributed by atoms with Gasteiger partial charge in [0.1, 0.15) is 0 Å². The molecule has 0 unspecified atom stereocenters. The number of hydrazone groups is 1. The van der Waals surface area contributed by atoms with E-state index in [9.17, 15) is 9.59 Å². The molecule has 0 atom stereocenters. The van der Waals surface area contributed by atoms with Crippen molar-refractivity contribution in [3.8, 4) is 0 Å². The Kier molecular flexibility index (Phi) is 6.24. The van der Waals surface area contributed by atoms with E-state index < -0.39 is 5.91 Å². The lowest BCUT2D eigenvalue weighted by Gasteiger charge is -2.01. The molecule has 0 radical (unpaired) electrons. The third kappa shape index (κ3) is 5.05. The van der Waals surface area contributed by atoms with Gasteiger partial charge in [-0.2, -0.15) is 5.10 Å². The van der Waals surface area contributed by atoms with Gasteiger partial charge in [0.2, 0.25) is 0 Å². The molecule has 6 nitrogen and oxygen atoms in total. The van der Waals surface area contributed by atoms with Gasteiger partial charge >= 0.3 is 0 Å². The molecule has 0 aliphatic carbocycles. The molecule has 0 heterocycles. The van der Waals surface area contributed by atoms with E-state index in [4.69, 9.17) is 16.8 Å². The quantitative estimate of drug-likeness (QED) is 0.337. The normalized spacial score (nSPS) is 10.9. The molecule has 0 spiro atoms. The van der Waals surface area contributed by atoms with Gasteiger partial charge in [-0.1, -0.05) is 41.9 Å². The molecule has 0 aliphatic rings. The molecule has 2 amide bonds. The lowest BCUT2D eigenvalue weighted by atomic mass is 10.1. The van der Waals surface area contributed by atoms with Crippen LogP contribution in [0.25, 0.3) is 6.08 Å². The van der Waals surface area contributed by atoms with Crippen molar-refractivity contribution in [3.05, 3.63) is 76.3 Å². The standard InChI is InChI=1S/C17H14ClN3O3/c18-15-4-2-1-3-14(15)11-19-20-17(23)13-8-5-12(6-9-13)7-10-16(22)21-24/h1-11,24H,(H,20,23)(H,21,22)/b10-7+,19-11+. The van der Waals surface area contributed by atoms with Crippen LogP contribution in [-0.2, 0) is 4.79 Å². The maximum atomic E-state index is 12.0. The van der Waals surface area contributed by atoms with Crippen molar-refractivity contribution in [3.63, 3.8) is 0 Å². The molecule has 0 aromatic heterocycles. The predicted octanol–water partition coefficient (Wildman–Crippen LogP) is 2.62. The third-order valence-corrected chi connectivity index (χ3v) is 3.33. The van der Waals surface area contributed by atoms with E-state index in [0.29, 0.717) is 21.7 Å². The van der Waals surface area contributed by atoms with Crippen molar-refractivity contribution < 1.29 is 14.8 Å². The maximum Gasteiger partial charge on any atom is 0.271 e. The minimum absolute atomic E-state index is 0.373. The molecule has 7 heteroatoms. The van der Waals surface area contributed by atoms with Gasteiger partial charge in [-0.25, -0.2) is 10.9 Å². The fourth-order valence-corrected chi connectivity index (χ4v) is 1.94.